The van der Waals surface area contributed by atoms with Gasteiger partial charge in [0.2, 0.25) is 0 Å². The van der Waals surface area contributed by atoms with Crippen molar-refractivity contribution in [2.24, 2.45) is 10.7 Å². The number of nitrogens with one attached hydrogen (secondary N) is 1. The van der Waals surface area contributed by atoms with Crippen LogP contribution in [0, 0.1) is 0 Å². The Morgan fingerprint density at radius 1 is 1.12 bits per heavy atom. The van der Waals surface area contributed by atoms with E-state index in [1.807, 2.05) is 55.5 Å². The third kappa shape index (κ3) is 3.80. The number of nitrogen functional groups attached to an aromatic ring is 1. The predicted octanol–water partition coefficient (Wildman–Crippen LogP) is 2.80. The number of H-pyrrole nitrogens is 1. The van der Waals surface area contributed by atoms with E-state index in [-0.39, 0.29) is 0 Å². The van der Waals surface area contributed by atoms with Crippen LogP contribution in [-0.2, 0) is 0 Å². The Balaban J connectivity index is 2.07. The largest absolute Gasteiger partial charge is 0.398 e. The summed E-state index contributed by atoms with van der Waals surface area (Å²) in [7, 11) is 0. The molecule has 0 aliphatic rings. The van der Waals surface area contributed by atoms with Crippen molar-refractivity contribution in [1.29, 1.82) is 0 Å². The van der Waals surface area contributed by atoms with Gasteiger partial charge >= 0.3 is 5.69 Å². The summed E-state index contributed by atoms with van der Waals surface area (Å²) in [6.45, 7) is 2.67. The molecule has 0 aliphatic carbocycles. The fourth-order valence-corrected chi connectivity index (χ4v) is 2.63. The second-order valence-corrected chi connectivity index (χ2v) is 5.92. The summed E-state index contributed by atoms with van der Waals surface area (Å²) in [6.07, 6.45) is 0.899. The van der Waals surface area contributed by atoms with Gasteiger partial charge in [0.25, 0.3) is 0 Å². The summed E-state index contributed by atoms with van der Waals surface area (Å²) < 4.78 is 0. The lowest BCUT2D eigenvalue weighted by Crippen LogP contribution is -2.16. The van der Waals surface area contributed by atoms with Crippen LogP contribution in [-0.4, -0.2) is 22.3 Å². The molecule has 0 radical (unpaired) electrons. The smallest absolute Gasteiger partial charge is 0.345 e. The summed E-state index contributed by atoms with van der Waals surface area (Å²) in [6, 6.07) is 16.9. The molecule has 0 aliphatic heterocycles. The number of benzene rings is 2. The number of nitrogens with two attached hydrogens (primary N) is 2. The molecule has 0 saturated heterocycles. The molecular formula is C20H21N5O. The standard InChI is InChI=1S/C20H21N5O/c1-2-10-23-19(22)15-11-14(8-9-16(15)21)18-12-17(24-20(26)25-18)13-6-4-3-5-7-13/h3-9,11-12H,2,10,21H2,1H3,(H2,22,23)(H,24,25,26). The zero-order valence-electron chi connectivity index (χ0n) is 14.6. The average Bonchev–Trinajstić information content (AvgIpc) is 2.66. The van der Waals surface area contributed by atoms with E-state index < -0.39 is 5.69 Å². The van der Waals surface area contributed by atoms with Crippen LogP contribution in [0.1, 0.15) is 18.9 Å². The van der Waals surface area contributed by atoms with Crippen LogP contribution < -0.4 is 17.2 Å². The van der Waals surface area contributed by atoms with E-state index in [1.54, 1.807) is 6.07 Å². The monoisotopic (exact) mass is 347 g/mol. The van der Waals surface area contributed by atoms with Gasteiger partial charge in [0.05, 0.1) is 11.4 Å². The molecule has 0 spiro atoms. The first-order valence-corrected chi connectivity index (χ1v) is 8.45. The number of aliphatic imine (C=N–C) groups is 1. The SMILES string of the molecule is CCCN=C(N)c1cc(-c2cc(-c3ccccc3)[nH]c(=O)n2)ccc1N. The van der Waals surface area contributed by atoms with E-state index in [1.165, 1.54) is 0 Å². The van der Waals surface area contributed by atoms with E-state index in [9.17, 15) is 4.79 Å². The fraction of sp³-hybridized carbons (Fsp3) is 0.150. The van der Waals surface area contributed by atoms with Gasteiger partial charge in [-0.2, -0.15) is 4.98 Å². The number of nitrogens with zero attached hydrogens (tertiary/aromatic N) is 2. The van der Waals surface area contributed by atoms with E-state index in [0.29, 0.717) is 35.0 Å². The zero-order valence-corrected chi connectivity index (χ0v) is 14.6. The summed E-state index contributed by atoms with van der Waals surface area (Å²) >= 11 is 0. The van der Waals surface area contributed by atoms with Gasteiger partial charge in [0, 0.05) is 23.4 Å². The molecule has 26 heavy (non-hydrogen) atoms. The van der Waals surface area contributed by atoms with Crippen molar-refractivity contribution in [3.63, 3.8) is 0 Å². The lowest BCUT2D eigenvalue weighted by atomic mass is 10.0. The van der Waals surface area contributed by atoms with Crippen LogP contribution >= 0.6 is 0 Å². The molecule has 0 atom stereocenters. The molecule has 0 saturated carbocycles. The maximum atomic E-state index is 12.0. The first-order valence-electron chi connectivity index (χ1n) is 8.45. The summed E-state index contributed by atoms with van der Waals surface area (Å²) in [4.78, 5) is 23.2. The van der Waals surface area contributed by atoms with E-state index in [2.05, 4.69) is 15.0 Å². The highest BCUT2D eigenvalue weighted by Gasteiger charge is 2.10. The van der Waals surface area contributed by atoms with E-state index in [4.69, 9.17) is 11.5 Å². The first-order chi connectivity index (χ1) is 12.6. The highest BCUT2D eigenvalue weighted by Crippen LogP contribution is 2.24. The molecule has 1 heterocycles. The van der Waals surface area contributed by atoms with Crippen LogP contribution in [0.15, 0.2) is 64.4 Å². The molecule has 6 nitrogen and oxygen atoms in total. The van der Waals surface area contributed by atoms with Gasteiger partial charge in [-0.3, -0.25) is 4.99 Å². The molecule has 2 aromatic carbocycles. The molecule has 0 amide bonds. The van der Waals surface area contributed by atoms with Crippen molar-refractivity contribution >= 4 is 11.5 Å². The number of aromatic nitrogens is 2. The lowest BCUT2D eigenvalue weighted by molar-refractivity contribution is 0.930. The van der Waals surface area contributed by atoms with Gasteiger partial charge in [-0.1, -0.05) is 43.3 Å². The Morgan fingerprint density at radius 2 is 1.88 bits per heavy atom. The quantitative estimate of drug-likeness (QED) is 0.374. The molecule has 0 bridgehead atoms. The van der Waals surface area contributed by atoms with Gasteiger partial charge in [0.1, 0.15) is 5.84 Å². The van der Waals surface area contributed by atoms with E-state index in [0.717, 1.165) is 17.5 Å². The van der Waals surface area contributed by atoms with Crippen molar-refractivity contribution in [2.75, 3.05) is 12.3 Å². The van der Waals surface area contributed by atoms with Crippen LogP contribution in [0.3, 0.4) is 0 Å². The summed E-state index contributed by atoms with van der Waals surface area (Å²) in [5.41, 5.74) is 15.8. The van der Waals surface area contributed by atoms with Crippen molar-refractivity contribution in [3.05, 3.63) is 70.6 Å². The normalized spacial score (nSPS) is 11.5. The second kappa shape index (κ2) is 7.65. The Kier molecular flexibility index (Phi) is 5.12. The van der Waals surface area contributed by atoms with Crippen molar-refractivity contribution in [2.45, 2.75) is 13.3 Å². The minimum Gasteiger partial charge on any atom is -0.398 e. The summed E-state index contributed by atoms with van der Waals surface area (Å²) in [5, 5.41) is 0. The number of anilines is 1. The molecule has 3 rings (SSSR count). The number of hydrogen-bond donors (Lipinski definition) is 3. The molecule has 6 heteroatoms. The first kappa shape index (κ1) is 17.4. The second-order valence-electron chi connectivity index (χ2n) is 5.92. The molecule has 3 aromatic rings. The lowest BCUT2D eigenvalue weighted by Gasteiger charge is -2.09. The molecule has 5 N–H and O–H groups in total. The maximum Gasteiger partial charge on any atom is 0.345 e. The minimum absolute atomic E-state index is 0.388. The van der Waals surface area contributed by atoms with Crippen molar-refractivity contribution in [1.82, 2.24) is 9.97 Å². The molecular weight excluding hydrogens is 326 g/mol. The topological polar surface area (TPSA) is 110 Å². The van der Waals surface area contributed by atoms with Crippen LogP contribution in [0.5, 0.6) is 0 Å². The highest BCUT2D eigenvalue weighted by molar-refractivity contribution is 6.03. The number of aromatic amines is 1. The van der Waals surface area contributed by atoms with Crippen molar-refractivity contribution in [3.8, 4) is 22.5 Å². The molecule has 0 unspecified atom stereocenters. The van der Waals surface area contributed by atoms with Gasteiger partial charge in [-0.25, -0.2) is 4.79 Å². The Hall–Kier alpha value is -3.41. The average molecular weight is 347 g/mol. The third-order valence-corrected chi connectivity index (χ3v) is 3.96. The maximum absolute atomic E-state index is 12.0. The molecule has 132 valence electrons. The van der Waals surface area contributed by atoms with Crippen molar-refractivity contribution < 1.29 is 0 Å². The Morgan fingerprint density at radius 3 is 2.62 bits per heavy atom. The zero-order chi connectivity index (χ0) is 18.5. The predicted molar refractivity (Wildman–Crippen MR) is 106 cm³/mol. The van der Waals surface area contributed by atoms with Crippen LogP contribution in [0.2, 0.25) is 0 Å². The fourth-order valence-electron chi connectivity index (χ4n) is 2.63. The Labute approximate surface area is 151 Å². The van der Waals surface area contributed by atoms with Gasteiger partial charge in [-0.15, -0.1) is 0 Å². The van der Waals surface area contributed by atoms with Gasteiger partial charge in [0.15, 0.2) is 0 Å². The van der Waals surface area contributed by atoms with Crippen LogP contribution in [0.25, 0.3) is 22.5 Å². The number of hydrogen-bond acceptors (Lipinski definition) is 4. The minimum atomic E-state index is -0.410. The Bertz CT molecular complexity index is 993. The van der Waals surface area contributed by atoms with Gasteiger partial charge < -0.3 is 16.5 Å². The number of amidine groups is 1. The van der Waals surface area contributed by atoms with Gasteiger partial charge in [-0.05, 0) is 30.2 Å². The van der Waals surface area contributed by atoms with Crippen LogP contribution in [0.4, 0.5) is 5.69 Å². The highest BCUT2D eigenvalue weighted by atomic mass is 16.1. The summed E-state index contributed by atoms with van der Waals surface area (Å²) in [5.74, 6) is 0.388. The molecule has 0 fully saturated rings. The third-order valence-electron chi connectivity index (χ3n) is 3.96. The van der Waals surface area contributed by atoms with E-state index >= 15 is 0 Å². The number of rotatable bonds is 5. The molecule has 1 aromatic heterocycles.